The third-order valence-electron chi connectivity index (χ3n) is 9.32. The molecule has 5 aliphatic rings. The largest absolute Gasteiger partial charge is 0.461 e. The van der Waals surface area contributed by atoms with Gasteiger partial charge in [0, 0.05) is 12.3 Å². The first-order valence-electron chi connectivity index (χ1n) is 13.3. The van der Waals surface area contributed by atoms with Gasteiger partial charge in [0.25, 0.3) is 0 Å². The van der Waals surface area contributed by atoms with Gasteiger partial charge in [0.1, 0.15) is 11.5 Å². The van der Waals surface area contributed by atoms with E-state index < -0.39 is 11.0 Å². The molecule has 33 heavy (non-hydrogen) atoms. The van der Waals surface area contributed by atoms with Gasteiger partial charge < -0.3 is 9.47 Å². The molecule has 3 aliphatic heterocycles. The molecule has 3 heterocycles. The van der Waals surface area contributed by atoms with Gasteiger partial charge in [0.2, 0.25) is 0 Å². The number of hydrogen-bond acceptors (Lipinski definition) is 3. The van der Waals surface area contributed by atoms with E-state index in [-0.39, 0.29) is 24.1 Å². The van der Waals surface area contributed by atoms with Gasteiger partial charge >= 0.3 is 5.97 Å². The molecule has 5 bridgehead atoms. The highest BCUT2D eigenvalue weighted by atomic mass is 16.6. The van der Waals surface area contributed by atoms with E-state index in [9.17, 15) is 4.79 Å². The number of carbonyl (C=O) groups excluding carboxylic acids is 1. The lowest BCUT2D eigenvalue weighted by molar-refractivity contribution is -0.156. The number of rotatable bonds is 1. The third kappa shape index (κ3) is 3.70. The molecule has 0 radical (unpaired) electrons. The molecule has 2 aliphatic carbocycles. The molecular formula is C30H42O3. The Morgan fingerprint density at radius 1 is 0.939 bits per heavy atom. The molecule has 0 amide bonds. The summed E-state index contributed by atoms with van der Waals surface area (Å²) in [7, 11) is 0. The second-order valence-corrected chi connectivity index (χ2v) is 12.0. The van der Waals surface area contributed by atoms with E-state index in [1.165, 1.54) is 22.3 Å². The van der Waals surface area contributed by atoms with Gasteiger partial charge in [-0.2, -0.15) is 0 Å². The second kappa shape index (κ2) is 8.56. The summed E-state index contributed by atoms with van der Waals surface area (Å²) in [5, 5.41) is 0. The van der Waals surface area contributed by atoms with Crippen LogP contribution in [0, 0.1) is 23.2 Å². The molecular weight excluding hydrogens is 408 g/mol. The summed E-state index contributed by atoms with van der Waals surface area (Å²) in [6.45, 7) is 11.4. The Labute approximate surface area is 200 Å². The molecule has 2 saturated heterocycles. The van der Waals surface area contributed by atoms with Crippen LogP contribution in [0.15, 0.2) is 46.6 Å². The second-order valence-electron chi connectivity index (χ2n) is 12.0. The summed E-state index contributed by atoms with van der Waals surface area (Å²) < 4.78 is 13.5. The number of fused-ring (bicyclic) bond motifs is 2. The van der Waals surface area contributed by atoms with Crippen LogP contribution in [-0.4, -0.2) is 23.8 Å². The van der Waals surface area contributed by atoms with Crippen LogP contribution < -0.4 is 0 Å². The van der Waals surface area contributed by atoms with E-state index in [0.29, 0.717) is 11.8 Å². The zero-order valence-electron chi connectivity index (χ0n) is 21.3. The molecule has 0 aromatic heterocycles. The minimum absolute atomic E-state index is 0.0222. The van der Waals surface area contributed by atoms with Crippen molar-refractivity contribution in [3.63, 3.8) is 0 Å². The summed E-state index contributed by atoms with van der Waals surface area (Å²) in [6, 6.07) is 0. The van der Waals surface area contributed by atoms with Crippen LogP contribution >= 0.6 is 0 Å². The summed E-state index contributed by atoms with van der Waals surface area (Å²) in [6.07, 6.45) is 18.5. The monoisotopic (exact) mass is 450 g/mol. The van der Waals surface area contributed by atoms with Crippen LogP contribution in [0.5, 0.6) is 0 Å². The van der Waals surface area contributed by atoms with Gasteiger partial charge in [-0.25, -0.2) is 0 Å². The van der Waals surface area contributed by atoms with Crippen LogP contribution in [0.25, 0.3) is 0 Å². The first-order chi connectivity index (χ1) is 15.8. The van der Waals surface area contributed by atoms with Crippen molar-refractivity contribution in [1.29, 1.82) is 0 Å². The maximum Gasteiger partial charge on any atom is 0.315 e. The van der Waals surface area contributed by atoms with Crippen molar-refractivity contribution in [2.45, 2.75) is 110 Å². The van der Waals surface area contributed by atoms with E-state index in [4.69, 9.17) is 9.47 Å². The Bertz CT molecular complexity index is 934. The Kier molecular flexibility index (Phi) is 6.00. The van der Waals surface area contributed by atoms with E-state index in [0.717, 1.165) is 57.8 Å². The lowest BCUT2D eigenvalue weighted by Gasteiger charge is -2.41. The van der Waals surface area contributed by atoms with Crippen molar-refractivity contribution >= 4 is 5.97 Å². The fourth-order valence-corrected chi connectivity index (χ4v) is 7.72. The minimum atomic E-state index is -0.529. The van der Waals surface area contributed by atoms with Gasteiger partial charge in [-0.1, -0.05) is 54.9 Å². The molecule has 6 atom stereocenters. The van der Waals surface area contributed by atoms with Crippen molar-refractivity contribution in [2.75, 3.05) is 0 Å². The maximum atomic E-state index is 13.9. The lowest BCUT2D eigenvalue weighted by Crippen LogP contribution is -2.50. The van der Waals surface area contributed by atoms with Gasteiger partial charge in [0.05, 0.1) is 11.7 Å². The van der Waals surface area contributed by atoms with Gasteiger partial charge in [0.15, 0.2) is 0 Å². The van der Waals surface area contributed by atoms with E-state index in [1.807, 2.05) is 0 Å². The zero-order valence-corrected chi connectivity index (χ0v) is 21.3. The Hall–Kier alpha value is -1.61. The van der Waals surface area contributed by atoms with E-state index in [1.54, 1.807) is 0 Å². The Morgan fingerprint density at radius 2 is 1.64 bits per heavy atom. The maximum absolute atomic E-state index is 13.9. The standard InChI is InChI=1S/C30H42O3/c1-19(2)24-15-14-21(4)12-8-16-30-26(25(24)32-28(30)31)29-17-22(5)11-6-9-20(3)10-7-13-23(18-29)27(30)33-29/h10-12,18-19,24-27H,6-9,13-17H2,1-5H3/b20-10+,21-12-,22-11+. The number of esters is 1. The molecule has 0 aromatic rings. The van der Waals surface area contributed by atoms with Crippen LogP contribution in [0.2, 0.25) is 0 Å². The lowest BCUT2D eigenvalue weighted by atomic mass is 9.56. The Balaban J connectivity index is 1.64. The SMILES string of the molecule is C/C1=C/CCC23C(=O)OC(C(C(C)C)CC1)C2C12C=C(CC/C=C(\C)CC/C=C(\C)C1)C3O2. The molecule has 5 rings (SSSR count). The van der Waals surface area contributed by atoms with Gasteiger partial charge in [-0.05, 0) is 89.5 Å². The van der Waals surface area contributed by atoms with Gasteiger partial charge in [-0.3, -0.25) is 4.79 Å². The molecule has 2 fully saturated rings. The third-order valence-corrected chi connectivity index (χ3v) is 9.32. The van der Waals surface area contributed by atoms with Crippen molar-refractivity contribution in [3.05, 3.63) is 46.6 Å². The smallest absolute Gasteiger partial charge is 0.315 e. The molecule has 3 heteroatoms. The number of ether oxygens (including phenoxy) is 2. The normalized spacial score (nSPS) is 45.9. The van der Waals surface area contributed by atoms with Crippen LogP contribution in [0.1, 0.15) is 92.4 Å². The van der Waals surface area contributed by atoms with E-state index in [2.05, 4.69) is 58.9 Å². The molecule has 180 valence electrons. The number of carbonyl (C=O) groups is 1. The molecule has 0 aromatic carbocycles. The highest BCUT2D eigenvalue weighted by Gasteiger charge is 2.76. The fraction of sp³-hybridized carbons (Fsp3) is 0.700. The molecule has 1 spiro atoms. The molecule has 0 N–H and O–H groups in total. The molecule has 6 unspecified atom stereocenters. The van der Waals surface area contributed by atoms with Crippen molar-refractivity contribution < 1.29 is 14.3 Å². The van der Waals surface area contributed by atoms with Crippen LogP contribution in [-0.2, 0) is 14.3 Å². The average molecular weight is 451 g/mol. The van der Waals surface area contributed by atoms with Crippen molar-refractivity contribution in [1.82, 2.24) is 0 Å². The average Bonchev–Trinajstić information content (AvgIpc) is 3.33. The number of hydrogen-bond donors (Lipinski definition) is 0. The highest BCUT2D eigenvalue weighted by Crippen LogP contribution is 2.67. The van der Waals surface area contributed by atoms with Crippen molar-refractivity contribution in [2.24, 2.45) is 23.2 Å². The summed E-state index contributed by atoms with van der Waals surface area (Å²) >= 11 is 0. The summed E-state index contributed by atoms with van der Waals surface area (Å²) in [5.41, 5.74) is 4.73. The zero-order chi connectivity index (χ0) is 23.4. The quantitative estimate of drug-likeness (QED) is 0.312. The predicted molar refractivity (Wildman–Crippen MR) is 133 cm³/mol. The molecule has 3 nitrogen and oxygen atoms in total. The van der Waals surface area contributed by atoms with Crippen LogP contribution in [0.3, 0.4) is 0 Å². The minimum Gasteiger partial charge on any atom is -0.461 e. The fourth-order valence-electron chi connectivity index (χ4n) is 7.72. The van der Waals surface area contributed by atoms with Gasteiger partial charge in [-0.15, -0.1) is 0 Å². The van der Waals surface area contributed by atoms with Crippen LogP contribution in [0.4, 0.5) is 0 Å². The Morgan fingerprint density at radius 3 is 2.42 bits per heavy atom. The topological polar surface area (TPSA) is 35.5 Å². The molecule has 0 saturated carbocycles. The summed E-state index contributed by atoms with van der Waals surface area (Å²) in [4.78, 5) is 13.9. The van der Waals surface area contributed by atoms with E-state index >= 15 is 0 Å². The first-order valence-corrected chi connectivity index (χ1v) is 13.3. The number of allylic oxidation sites excluding steroid dienone is 5. The predicted octanol–water partition coefficient (Wildman–Crippen LogP) is 7.24. The highest BCUT2D eigenvalue weighted by molar-refractivity contribution is 5.83. The first kappa shape index (κ1) is 23.1. The summed E-state index contributed by atoms with van der Waals surface area (Å²) in [5.74, 6) is 0.983. The van der Waals surface area contributed by atoms with Crippen molar-refractivity contribution in [3.8, 4) is 0 Å².